The highest BCUT2D eigenvalue weighted by Gasteiger charge is 1.97. The average molecular weight is 257 g/mol. The maximum absolute atomic E-state index is 8.48. The Balaban J connectivity index is 3.05. The van der Waals surface area contributed by atoms with Crippen molar-refractivity contribution in [3.8, 4) is 6.07 Å². The molecule has 0 amide bonds. The number of aryl methyl sites for hydroxylation is 1. The van der Waals surface area contributed by atoms with Crippen molar-refractivity contribution in [1.82, 2.24) is 0 Å². The van der Waals surface area contributed by atoms with Crippen LogP contribution >= 0.6 is 22.6 Å². The Hall–Kier alpha value is -0.560. The third kappa shape index (κ3) is 2.19. The average Bonchev–Trinajstić information content (AvgIpc) is 1.98. The Bertz CT molecular complexity index is 299. The summed E-state index contributed by atoms with van der Waals surface area (Å²) >= 11 is 2.25. The minimum atomic E-state index is 0.514. The molecular formula is C9H8IN. The van der Waals surface area contributed by atoms with E-state index in [1.165, 1.54) is 9.13 Å². The molecule has 0 saturated heterocycles. The third-order valence-electron chi connectivity index (χ3n) is 1.47. The summed E-state index contributed by atoms with van der Waals surface area (Å²) in [6.45, 7) is 2.04. The summed E-state index contributed by atoms with van der Waals surface area (Å²) in [6.07, 6.45) is 0.514. The van der Waals surface area contributed by atoms with Gasteiger partial charge in [0.05, 0.1) is 12.5 Å². The molecule has 0 aliphatic rings. The van der Waals surface area contributed by atoms with Crippen molar-refractivity contribution in [3.05, 3.63) is 32.9 Å². The van der Waals surface area contributed by atoms with Crippen molar-refractivity contribution < 1.29 is 0 Å². The van der Waals surface area contributed by atoms with Crippen LogP contribution in [0.15, 0.2) is 18.2 Å². The van der Waals surface area contributed by atoms with E-state index >= 15 is 0 Å². The highest BCUT2D eigenvalue weighted by molar-refractivity contribution is 14.1. The number of halogens is 1. The van der Waals surface area contributed by atoms with Gasteiger partial charge in [0.15, 0.2) is 0 Å². The van der Waals surface area contributed by atoms with Crippen molar-refractivity contribution in [1.29, 1.82) is 5.26 Å². The zero-order valence-corrected chi connectivity index (χ0v) is 8.42. The van der Waals surface area contributed by atoms with Gasteiger partial charge in [-0.15, -0.1) is 0 Å². The van der Waals surface area contributed by atoms with Gasteiger partial charge in [-0.25, -0.2) is 0 Å². The zero-order chi connectivity index (χ0) is 8.27. The lowest BCUT2D eigenvalue weighted by molar-refractivity contribution is 1.23. The molecule has 0 spiro atoms. The lowest BCUT2D eigenvalue weighted by Gasteiger charge is -1.99. The van der Waals surface area contributed by atoms with Crippen molar-refractivity contribution in [2.45, 2.75) is 13.3 Å². The lowest BCUT2D eigenvalue weighted by atomic mass is 10.1. The summed E-state index contributed by atoms with van der Waals surface area (Å²) in [5, 5.41) is 8.48. The fraction of sp³-hybridized carbons (Fsp3) is 0.222. The highest BCUT2D eigenvalue weighted by atomic mass is 127. The van der Waals surface area contributed by atoms with Gasteiger partial charge in [-0.1, -0.05) is 17.7 Å². The monoisotopic (exact) mass is 257 g/mol. The van der Waals surface area contributed by atoms with E-state index in [-0.39, 0.29) is 0 Å². The summed E-state index contributed by atoms with van der Waals surface area (Å²) in [4.78, 5) is 0. The molecule has 56 valence electrons. The molecular weight excluding hydrogens is 249 g/mol. The van der Waals surface area contributed by atoms with Crippen LogP contribution in [0.3, 0.4) is 0 Å². The van der Waals surface area contributed by atoms with E-state index in [1.807, 2.05) is 13.0 Å². The largest absolute Gasteiger partial charge is 0.198 e. The molecule has 2 heteroatoms. The highest BCUT2D eigenvalue weighted by Crippen LogP contribution is 2.13. The first-order valence-electron chi connectivity index (χ1n) is 3.36. The van der Waals surface area contributed by atoms with Gasteiger partial charge in [0.25, 0.3) is 0 Å². The van der Waals surface area contributed by atoms with Crippen LogP contribution in [0.25, 0.3) is 0 Å². The number of hydrogen-bond acceptors (Lipinski definition) is 1. The predicted octanol–water partition coefficient (Wildman–Crippen LogP) is 2.67. The quantitative estimate of drug-likeness (QED) is 0.709. The number of nitrogens with zero attached hydrogens (tertiary/aromatic N) is 1. The second kappa shape index (κ2) is 3.72. The molecule has 1 aromatic rings. The molecule has 0 unspecified atom stereocenters. The van der Waals surface area contributed by atoms with Crippen LogP contribution in [0.1, 0.15) is 11.1 Å². The molecule has 1 aromatic carbocycles. The zero-order valence-electron chi connectivity index (χ0n) is 6.26. The van der Waals surface area contributed by atoms with Crippen LogP contribution in [0.4, 0.5) is 0 Å². The summed E-state index contributed by atoms with van der Waals surface area (Å²) in [7, 11) is 0. The maximum Gasteiger partial charge on any atom is 0.0670 e. The number of benzene rings is 1. The summed E-state index contributed by atoms with van der Waals surface area (Å²) in [5.41, 5.74) is 2.35. The van der Waals surface area contributed by atoms with Gasteiger partial charge in [-0.3, -0.25) is 0 Å². The van der Waals surface area contributed by atoms with E-state index in [0.717, 1.165) is 5.56 Å². The lowest BCUT2D eigenvalue weighted by Crippen LogP contribution is -1.87. The van der Waals surface area contributed by atoms with Crippen molar-refractivity contribution in [2.75, 3.05) is 0 Å². The van der Waals surface area contributed by atoms with Crippen molar-refractivity contribution >= 4 is 22.6 Å². The predicted molar refractivity (Wildman–Crippen MR) is 53.2 cm³/mol. The Labute approximate surface area is 80.2 Å². The van der Waals surface area contributed by atoms with Gasteiger partial charge in [-0.2, -0.15) is 5.26 Å². The van der Waals surface area contributed by atoms with Gasteiger partial charge in [0, 0.05) is 3.57 Å². The van der Waals surface area contributed by atoms with Gasteiger partial charge >= 0.3 is 0 Å². The van der Waals surface area contributed by atoms with Crippen molar-refractivity contribution in [2.24, 2.45) is 0 Å². The summed E-state index contributed by atoms with van der Waals surface area (Å²) in [6, 6.07) is 8.31. The molecule has 0 N–H and O–H groups in total. The molecule has 11 heavy (non-hydrogen) atoms. The Morgan fingerprint density at radius 3 is 2.91 bits per heavy atom. The normalized spacial score (nSPS) is 9.18. The molecule has 0 heterocycles. The molecule has 0 atom stereocenters. The van der Waals surface area contributed by atoms with E-state index in [9.17, 15) is 0 Å². The molecule has 0 aromatic heterocycles. The standard InChI is InChI=1S/C9H8IN/c1-7-2-3-9(10)8(6-7)4-5-11/h2-3,6H,4H2,1H3. The maximum atomic E-state index is 8.48. The fourth-order valence-corrected chi connectivity index (χ4v) is 1.45. The van der Waals surface area contributed by atoms with E-state index in [1.54, 1.807) is 0 Å². The van der Waals surface area contributed by atoms with Gasteiger partial charge in [0.1, 0.15) is 0 Å². The second-order valence-corrected chi connectivity index (χ2v) is 3.59. The van der Waals surface area contributed by atoms with E-state index in [4.69, 9.17) is 5.26 Å². The molecule has 1 rings (SSSR count). The van der Waals surface area contributed by atoms with Crippen LogP contribution in [0.5, 0.6) is 0 Å². The fourth-order valence-electron chi connectivity index (χ4n) is 0.924. The summed E-state index contributed by atoms with van der Waals surface area (Å²) < 4.78 is 1.18. The van der Waals surface area contributed by atoms with Crippen LogP contribution in [0.2, 0.25) is 0 Å². The number of rotatable bonds is 1. The van der Waals surface area contributed by atoms with Gasteiger partial charge in [0.2, 0.25) is 0 Å². The Kier molecular flexibility index (Phi) is 2.89. The third-order valence-corrected chi connectivity index (χ3v) is 2.52. The van der Waals surface area contributed by atoms with E-state index in [0.29, 0.717) is 6.42 Å². The smallest absolute Gasteiger partial charge is 0.0670 e. The van der Waals surface area contributed by atoms with Gasteiger partial charge < -0.3 is 0 Å². The van der Waals surface area contributed by atoms with Crippen LogP contribution < -0.4 is 0 Å². The molecule has 0 aliphatic heterocycles. The molecule has 0 fully saturated rings. The molecule has 0 bridgehead atoms. The molecule has 0 saturated carbocycles. The first-order valence-corrected chi connectivity index (χ1v) is 4.44. The van der Waals surface area contributed by atoms with Crippen LogP contribution in [-0.2, 0) is 6.42 Å². The van der Waals surface area contributed by atoms with Gasteiger partial charge in [-0.05, 0) is 41.1 Å². The van der Waals surface area contributed by atoms with E-state index in [2.05, 4.69) is 40.8 Å². The molecule has 0 radical (unpaired) electrons. The minimum Gasteiger partial charge on any atom is -0.198 e. The van der Waals surface area contributed by atoms with E-state index < -0.39 is 0 Å². The van der Waals surface area contributed by atoms with Crippen LogP contribution in [-0.4, -0.2) is 0 Å². The minimum absolute atomic E-state index is 0.514. The van der Waals surface area contributed by atoms with Crippen molar-refractivity contribution in [3.63, 3.8) is 0 Å². The first-order chi connectivity index (χ1) is 5.24. The Morgan fingerprint density at radius 1 is 1.55 bits per heavy atom. The number of nitriles is 1. The summed E-state index contributed by atoms with van der Waals surface area (Å²) in [5.74, 6) is 0. The van der Waals surface area contributed by atoms with Crippen LogP contribution in [0, 0.1) is 21.8 Å². The molecule has 1 nitrogen and oxygen atoms in total. The second-order valence-electron chi connectivity index (χ2n) is 2.43. The topological polar surface area (TPSA) is 23.8 Å². The number of hydrogen-bond donors (Lipinski definition) is 0. The Morgan fingerprint density at radius 2 is 2.27 bits per heavy atom. The molecule has 0 aliphatic carbocycles. The SMILES string of the molecule is Cc1ccc(I)c(CC#N)c1. The first kappa shape index (κ1) is 8.54.